The van der Waals surface area contributed by atoms with Crippen LogP contribution in [0.4, 0.5) is 5.82 Å². The maximum Gasteiger partial charge on any atom is 0.356 e. The third-order valence-electron chi connectivity index (χ3n) is 3.61. The normalized spacial score (nSPS) is 22.9. The largest absolute Gasteiger partial charge is 0.476 e. The van der Waals surface area contributed by atoms with Gasteiger partial charge in [-0.1, -0.05) is 12.8 Å². The molecule has 0 unspecified atom stereocenters. The van der Waals surface area contributed by atoms with E-state index in [0.29, 0.717) is 11.5 Å². The minimum atomic E-state index is -1.08. The Kier molecular flexibility index (Phi) is 3.27. The van der Waals surface area contributed by atoms with E-state index < -0.39 is 5.97 Å². The summed E-state index contributed by atoms with van der Waals surface area (Å²) in [5, 5.41) is 25.9. The average molecular weight is 276 g/mol. The van der Waals surface area contributed by atoms with Gasteiger partial charge in [0.2, 0.25) is 0 Å². The molecule has 2 aromatic rings. The second-order valence-corrected chi connectivity index (χ2v) is 5.05. The van der Waals surface area contributed by atoms with Crippen molar-refractivity contribution >= 4 is 17.4 Å². The highest BCUT2D eigenvalue weighted by atomic mass is 16.4. The van der Waals surface area contributed by atoms with Crippen molar-refractivity contribution in [3.8, 4) is 0 Å². The van der Waals surface area contributed by atoms with E-state index in [1.165, 1.54) is 10.6 Å². The molecule has 1 fully saturated rings. The predicted octanol–water partition coefficient (Wildman–Crippen LogP) is 1.14. The van der Waals surface area contributed by atoms with E-state index in [1.54, 1.807) is 12.3 Å². The van der Waals surface area contributed by atoms with Crippen LogP contribution in [0.1, 0.15) is 36.2 Å². The van der Waals surface area contributed by atoms with Crippen LogP contribution in [0, 0.1) is 0 Å². The van der Waals surface area contributed by atoms with Crippen LogP contribution >= 0.6 is 0 Å². The quantitative estimate of drug-likeness (QED) is 0.777. The number of hydrogen-bond acceptors (Lipinski definition) is 5. The molecule has 0 spiro atoms. The molecule has 0 aromatic carbocycles. The standard InChI is InChI=1S/C13H16N4O3/c18-10-4-2-1-3-8(10)14-11-5-6-17-12(15-11)7-9(16-17)13(19)20/h5-8,10,18H,1-4H2,(H,14,15)(H,19,20)/t8-,10+/m1/s1. The van der Waals surface area contributed by atoms with Crippen molar-refractivity contribution in [2.45, 2.75) is 37.8 Å². The molecule has 7 heteroatoms. The van der Waals surface area contributed by atoms with Gasteiger partial charge in [-0.05, 0) is 18.9 Å². The molecule has 1 saturated carbocycles. The van der Waals surface area contributed by atoms with E-state index in [0.717, 1.165) is 25.7 Å². The molecule has 0 radical (unpaired) electrons. The van der Waals surface area contributed by atoms with Crippen molar-refractivity contribution in [1.29, 1.82) is 0 Å². The topological polar surface area (TPSA) is 99.8 Å². The molecule has 0 aliphatic heterocycles. The summed E-state index contributed by atoms with van der Waals surface area (Å²) in [5.74, 6) is -0.451. The number of carboxylic acids is 1. The van der Waals surface area contributed by atoms with Crippen molar-refractivity contribution in [1.82, 2.24) is 14.6 Å². The van der Waals surface area contributed by atoms with Crippen LogP contribution in [0.2, 0.25) is 0 Å². The Labute approximate surface area is 115 Å². The maximum absolute atomic E-state index is 10.9. The number of nitrogens with zero attached hydrogens (tertiary/aromatic N) is 3. The van der Waals surface area contributed by atoms with Gasteiger partial charge in [0.1, 0.15) is 5.82 Å². The molecule has 0 bridgehead atoms. The van der Waals surface area contributed by atoms with Crippen LogP contribution in [0.5, 0.6) is 0 Å². The second kappa shape index (κ2) is 5.09. The summed E-state index contributed by atoms with van der Waals surface area (Å²) in [6, 6.07) is 3.15. The third-order valence-corrected chi connectivity index (χ3v) is 3.61. The number of aromatic carboxylic acids is 1. The number of anilines is 1. The number of carbonyl (C=O) groups is 1. The van der Waals surface area contributed by atoms with Crippen molar-refractivity contribution < 1.29 is 15.0 Å². The first kappa shape index (κ1) is 12.9. The number of aliphatic hydroxyl groups is 1. The molecule has 2 atom stereocenters. The van der Waals surface area contributed by atoms with Crippen LogP contribution < -0.4 is 5.32 Å². The Morgan fingerprint density at radius 1 is 1.40 bits per heavy atom. The molecule has 7 nitrogen and oxygen atoms in total. The van der Waals surface area contributed by atoms with Gasteiger partial charge >= 0.3 is 5.97 Å². The van der Waals surface area contributed by atoms with Gasteiger partial charge in [0.15, 0.2) is 11.3 Å². The van der Waals surface area contributed by atoms with Gasteiger partial charge in [0, 0.05) is 12.3 Å². The number of aliphatic hydroxyl groups excluding tert-OH is 1. The fourth-order valence-electron chi connectivity index (χ4n) is 2.53. The summed E-state index contributed by atoms with van der Waals surface area (Å²) in [6.45, 7) is 0. The van der Waals surface area contributed by atoms with Crippen LogP contribution in [-0.2, 0) is 0 Å². The van der Waals surface area contributed by atoms with E-state index >= 15 is 0 Å². The van der Waals surface area contributed by atoms with E-state index in [1.807, 2.05) is 0 Å². The van der Waals surface area contributed by atoms with Gasteiger partial charge in [-0.25, -0.2) is 14.3 Å². The molecule has 2 heterocycles. The lowest BCUT2D eigenvalue weighted by Crippen LogP contribution is -2.36. The molecule has 3 rings (SSSR count). The number of hydrogen-bond donors (Lipinski definition) is 3. The van der Waals surface area contributed by atoms with Crippen LogP contribution in [0.15, 0.2) is 18.3 Å². The lowest BCUT2D eigenvalue weighted by molar-refractivity contribution is 0.0690. The Morgan fingerprint density at radius 3 is 2.95 bits per heavy atom. The highest BCUT2D eigenvalue weighted by molar-refractivity contribution is 5.86. The highest BCUT2D eigenvalue weighted by Gasteiger charge is 2.23. The Morgan fingerprint density at radius 2 is 2.20 bits per heavy atom. The molecular weight excluding hydrogens is 260 g/mol. The van der Waals surface area contributed by atoms with Gasteiger partial charge in [0.25, 0.3) is 0 Å². The predicted molar refractivity (Wildman–Crippen MR) is 71.8 cm³/mol. The summed E-state index contributed by atoms with van der Waals surface area (Å²) in [5.41, 5.74) is 0.435. The second-order valence-electron chi connectivity index (χ2n) is 5.05. The van der Waals surface area contributed by atoms with E-state index in [4.69, 9.17) is 5.11 Å². The zero-order valence-corrected chi connectivity index (χ0v) is 10.9. The zero-order valence-electron chi connectivity index (χ0n) is 10.9. The van der Waals surface area contributed by atoms with Crippen LogP contribution in [0.3, 0.4) is 0 Å². The first-order valence-corrected chi connectivity index (χ1v) is 6.68. The Hall–Kier alpha value is -2.15. The van der Waals surface area contributed by atoms with E-state index in [9.17, 15) is 9.90 Å². The zero-order chi connectivity index (χ0) is 14.1. The molecule has 1 aliphatic rings. The Balaban J connectivity index is 1.83. The first-order valence-electron chi connectivity index (χ1n) is 6.68. The monoisotopic (exact) mass is 276 g/mol. The van der Waals surface area contributed by atoms with Crippen molar-refractivity contribution in [2.24, 2.45) is 0 Å². The summed E-state index contributed by atoms with van der Waals surface area (Å²) in [7, 11) is 0. The minimum absolute atomic E-state index is 0.000524. The summed E-state index contributed by atoms with van der Waals surface area (Å²) >= 11 is 0. The molecule has 2 aromatic heterocycles. The number of nitrogens with one attached hydrogen (secondary N) is 1. The van der Waals surface area contributed by atoms with Gasteiger partial charge in [-0.2, -0.15) is 5.10 Å². The van der Waals surface area contributed by atoms with Gasteiger partial charge in [0.05, 0.1) is 12.1 Å². The number of carboxylic acid groups (broad SMARTS) is 1. The smallest absolute Gasteiger partial charge is 0.356 e. The molecule has 106 valence electrons. The van der Waals surface area contributed by atoms with Crippen LogP contribution in [0.25, 0.3) is 5.65 Å². The summed E-state index contributed by atoms with van der Waals surface area (Å²) < 4.78 is 1.42. The average Bonchev–Trinajstić information content (AvgIpc) is 2.85. The first-order chi connectivity index (χ1) is 9.63. The van der Waals surface area contributed by atoms with Gasteiger partial charge in [-0.3, -0.25) is 0 Å². The van der Waals surface area contributed by atoms with Gasteiger partial charge in [-0.15, -0.1) is 0 Å². The molecule has 20 heavy (non-hydrogen) atoms. The fraction of sp³-hybridized carbons (Fsp3) is 0.462. The third kappa shape index (κ3) is 2.44. The number of aromatic nitrogens is 3. The molecule has 0 saturated heterocycles. The fourth-order valence-corrected chi connectivity index (χ4v) is 2.53. The van der Waals surface area contributed by atoms with Gasteiger partial charge < -0.3 is 15.5 Å². The number of rotatable bonds is 3. The van der Waals surface area contributed by atoms with Crippen molar-refractivity contribution in [3.63, 3.8) is 0 Å². The lowest BCUT2D eigenvalue weighted by Gasteiger charge is -2.28. The lowest BCUT2D eigenvalue weighted by atomic mass is 9.93. The van der Waals surface area contributed by atoms with Crippen molar-refractivity contribution in [3.05, 3.63) is 24.0 Å². The Bertz CT molecular complexity index is 640. The molecule has 0 amide bonds. The minimum Gasteiger partial charge on any atom is -0.476 e. The van der Waals surface area contributed by atoms with E-state index in [-0.39, 0.29) is 17.8 Å². The SMILES string of the molecule is O=C(O)c1cc2nc(N[C@@H]3CCCC[C@@H]3O)ccn2n1. The van der Waals surface area contributed by atoms with Crippen molar-refractivity contribution in [2.75, 3.05) is 5.32 Å². The molecule has 3 N–H and O–H groups in total. The maximum atomic E-state index is 10.9. The molecular formula is C13H16N4O3. The number of fused-ring (bicyclic) bond motifs is 1. The van der Waals surface area contributed by atoms with E-state index in [2.05, 4.69) is 15.4 Å². The van der Waals surface area contributed by atoms with Crippen LogP contribution in [-0.4, -0.2) is 42.9 Å². The summed E-state index contributed by atoms with van der Waals surface area (Å²) in [6.07, 6.45) is 5.15. The summed E-state index contributed by atoms with van der Waals surface area (Å²) in [4.78, 5) is 15.2. The molecule has 1 aliphatic carbocycles. The highest BCUT2D eigenvalue weighted by Crippen LogP contribution is 2.21.